The first-order valence-electron chi connectivity index (χ1n) is 13.5. The number of esters is 1. The number of ether oxygens (including phenoxy) is 2. The zero-order valence-corrected chi connectivity index (χ0v) is 23.9. The summed E-state index contributed by atoms with van der Waals surface area (Å²) < 4.78 is 15.4. The van der Waals surface area contributed by atoms with Crippen molar-refractivity contribution in [2.24, 2.45) is 4.99 Å². The van der Waals surface area contributed by atoms with Crippen LogP contribution in [-0.2, 0) is 16.1 Å². The third kappa shape index (κ3) is 4.70. The molecule has 0 N–H and O–H groups in total. The van der Waals surface area contributed by atoms with Gasteiger partial charge in [-0.3, -0.25) is 9.36 Å². The molecule has 0 aliphatic carbocycles. The van der Waals surface area contributed by atoms with E-state index in [1.807, 2.05) is 72.8 Å². The second kappa shape index (κ2) is 11.1. The van der Waals surface area contributed by atoms with E-state index in [-0.39, 0.29) is 12.2 Å². The average molecular weight is 564 g/mol. The summed E-state index contributed by atoms with van der Waals surface area (Å²) in [5, 5.41) is 1.07. The lowest BCUT2D eigenvalue weighted by Gasteiger charge is -2.26. The second-order valence-electron chi connectivity index (χ2n) is 9.60. The SMILES string of the molecule is CCOC(=O)C1=C(c2ccccc2)N=c2sc(=Cc3cn(CC)c4ccccc34)c(=O)n2C1c1cccc(OC)c1. The molecule has 1 atom stereocenters. The van der Waals surface area contributed by atoms with Crippen molar-refractivity contribution in [2.45, 2.75) is 26.4 Å². The molecule has 0 bridgehead atoms. The minimum atomic E-state index is -0.755. The first-order valence-corrected chi connectivity index (χ1v) is 14.4. The number of carbonyl (C=O) groups excluding carboxylic acids is 1. The Morgan fingerprint density at radius 2 is 1.80 bits per heavy atom. The summed E-state index contributed by atoms with van der Waals surface area (Å²) in [6.07, 6.45) is 4.00. The molecule has 41 heavy (non-hydrogen) atoms. The smallest absolute Gasteiger partial charge is 0.338 e. The number of nitrogens with zero attached hydrogens (tertiary/aromatic N) is 3. The maximum absolute atomic E-state index is 14.2. The Bertz CT molecular complexity index is 1980. The molecule has 3 aromatic carbocycles. The van der Waals surface area contributed by atoms with E-state index in [2.05, 4.69) is 29.8 Å². The van der Waals surface area contributed by atoms with Gasteiger partial charge in [0, 0.05) is 34.8 Å². The van der Waals surface area contributed by atoms with Crippen molar-refractivity contribution >= 4 is 40.0 Å². The molecule has 0 spiro atoms. The third-order valence-corrected chi connectivity index (χ3v) is 8.21. The molecule has 1 aliphatic rings. The van der Waals surface area contributed by atoms with E-state index in [1.165, 1.54) is 11.3 Å². The van der Waals surface area contributed by atoms with Crippen molar-refractivity contribution in [1.82, 2.24) is 9.13 Å². The Balaban J connectivity index is 1.66. The van der Waals surface area contributed by atoms with Gasteiger partial charge in [0.2, 0.25) is 0 Å². The largest absolute Gasteiger partial charge is 0.497 e. The number of para-hydroxylation sites is 1. The standard InChI is InChI=1S/C33H29N3O4S/c1-4-35-20-23(25-16-9-10-17-26(25)35)19-27-31(37)36-30(22-14-11-15-24(18-22)39-3)28(32(38)40-5-2)29(34-33(36)41-27)21-12-7-6-8-13-21/h6-20,30H,4-5H2,1-3H3. The number of carbonyl (C=O) groups is 1. The van der Waals surface area contributed by atoms with Crippen LogP contribution in [0.5, 0.6) is 5.75 Å². The fraction of sp³-hybridized carbons (Fsp3) is 0.182. The normalized spacial score (nSPS) is 15.1. The summed E-state index contributed by atoms with van der Waals surface area (Å²) in [7, 11) is 1.59. The van der Waals surface area contributed by atoms with Crippen molar-refractivity contribution in [3.05, 3.63) is 127 Å². The highest BCUT2D eigenvalue weighted by atomic mass is 32.1. The van der Waals surface area contributed by atoms with Gasteiger partial charge in [-0.25, -0.2) is 9.79 Å². The molecule has 7 nitrogen and oxygen atoms in total. The van der Waals surface area contributed by atoms with Gasteiger partial charge < -0.3 is 14.0 Å². The summed E-state index contributed by atoms with van der Waals surface area (Å²) in [6.45, 7) is 4.87. The van der Waals surface area contributed by atoms with E-state index < -0.39 is 12.0 Å². The van der Waals surface area contributed by atoms with Crippen LogP contribution in [0, 0.1) is 0 Å². The van der Waals surface area contributed by atoms with Crippen LogP contribution in [0.3, 0.4) is 0 Å². The topological polar surface area (TPSA) is 74.8 Å². The van der Waals surface area contributed by atoms with Crippen molar-refractivity contribution in [1.29, 1.82) is 0 Å². The van der Waals surface area contributed by atoms with Crippen LogP contribution in [0.1, 0.15) is 36.6 Å². The number of methoxy groups -OCH3 is 1. The third-order valence-electron chi connectivity index (χ3n) is 7.23. The van der Waals surface area contributed by atoms with Gasteiger partial charge in [0.05, 0.1) is 35.6 Å². The van der Waals surface area contributed by atoms with Crippen LogP contribution in [-0.4, -0.2) is 28.8 Å². The van der Waals surface area contributed by atoms with Crippen molar-refractivity contribution < 1.29 is 14.3 Å². The highest BCUT2D eigenvalue weighted by molar-refractivity contribution is 7.07. The second-order valence-corrected chi connectivity index (χ2v) is 10.6. The summed E-state index contributed by atoms with van der Waals surface area (Å²) >= 11 is 1.32. The Kier molecular flexibility index (Phi) is 7.15. The predicted molar refractivity (Wildman–Crippen MR) is 162 cm³/mol. The summed E-state index contributed by atoms with van der Waals surface area (Å²) in [5.41, 5.74) is 4.15. The lowest BCUT2D eigenvalue weighted by Crippen LogP contribution is -2.40. The quantitative estimate of drug-likeness (QED) is 0.264. The molecule has 6 rings (SSSR count). The summed E-state index contributed by atoms with van der Waals surface area (Å²) in [6, 6.07) is 24.4. The van der Waals surface area contributed by atoms with E-state index in [0.717, 1.165) is 34.1 Å². The van der Waals surface area contributed by atoms with Crippen LogP contribution in [0.15, 0.2) is 100 Å². The number of benzene rings is 3. The molecule has 1 unspecified atom stereocenters. The molecule has 0 amide bonds. The van der Waals surface area contributed by atoms with Gasteiger partial charge in [0.15, 0.2) is 4.80 Å². The van der Waals surface area contributed by atoms with Crippen LogP contribution in [0.25, 0.3) is 22.7 Å². The Labute approximate surface area is 240 Å². The Morgan fingerprint density at radius 3 is 2.56 bits per heavy atom. The number of fused-ring (bicyclic) bond motifs is 2. The number of thiazole rings is 1. The van der Waals surface area contributed by atoms with Gasteiger partial charge in [0.1, 0.15) is 5.75 Å². The van der Waals surface area contributed by atoms with Gasteiger partial charge in [-0.1, -0.05) is 72.0 Å². The minimum Gasteiger partial charge on any atom is -0.497 e. The fourth-order valence-electron chi connectivity index (χ4n) is 5.36. The molecule has 8 heteroatoms. The predicted octanol–water partition coefficient (Wildman–Crippen LogP) is 4.92. The first kappa shape index (κ1) is 26.5. The van der Waals surface area contributed by atoms with Crippen LogP contribution < -0.4 is 19.6 Å². The molecule has 0 saturated carbocycles. The molecule has 0 saturated heterocycles. The summed E-state index contributed by atoms with van der Waals surface area (Å²) in [5.74, 6) is 0.113. The molecular weight excluding hydrogens is 534 g/mol. The van der Waals surface area contributed by atoms with Gasteiger partial charge in [-0.15, -0.1) is 0 Å². The number of hydrogen-bond donors (Lipinski definition) is 0. The Hall–Kier alpha value is -4.69. The molecular formula is C33H29N3O4S. The zero-order valence-electron chi connectivity index (χ0n) is 23.0. The molecule has 0 radical (unpaired) electrons. The summed E-state index contributed by atoms with van der Waals surface area (Å²) in [4.78, 5) is 33.3. The minimum absolute atomic E-state index is 0.196. The molecule has 3 heterocycles. The van der Waals surface area contributed by atoms with E-state index in [0.29, 0.717) is 26.4 Å². The van der Waals surface area contributed by atoms with Crippen LogP contribution in [0.2, 0.25) is 0 Å². The number of aryl methyl sites for hydroxylation is 1. The first-order chi connectivity index (χ1) is 20.0. The van der Waals surface area contributed by atoms with E-state index in [1.54, 1.807) is 18.6 Å². The van der Waals surface area contributed by atoms with Gasteiger partial charge >= 0.3 is 5.97 Å². The highest BCUT2D eigenvalue weighted by Gasteiger charge is 2.35. The maximum Gasteiger partial charge on any atom is 0.338 e. The maximum atomic E-state index is 14.2. The fourth-order valence-corrected chi connectivity index (χ4v) is 6.35. The van der Waals surface area contributed by atoms with Gasteiger partial charge in [-0.05, 0) is 43.7 Å². The van der Waals surface area contributed by atoms with Crippen LogP contribution in [0.4, 0.5) is 0 Å². The number of aromatic nitrogens is 2. The highest BCUT2D eigenvalue weighted by Crippen LogP contribution is 2.36. The number of rotatable bonds is 7. The zero-order chi connectivity index (χ0) is 28.5. The van der Waals surface area contributed by atoms with E-state index in [4.69, 9.17) is 14.5 Å². The molecule has 2 aromatic heterocycles. The molecule has 5 aromatic rings. The molecule has 206 valence electrons. The lowest BCUT2D eigenvalue weighted by molar-refractivity contribution is -0.138. The van der Waals surface area contributed by atoms with Gasteiger partial charge in [-0.2, -0.15) is 0 Å². The monoisotopic (exact) mass is 563 g/mol. The molecule has 0 fully saturated rings. The van der Waals surface area contributed by atoms with Crippen LogP contribution >= 0.6 is 11.3 Å². The van der Waals surface area contributed by atoms with E-state index in [9.17, 15) is 9.59 Å². The van der Waals surface area contributed by atoms with E-state index >= 15 is 0 Å². The van der Waals surface area contributed by atoms with Crippen molar-refractivity contribution in [2.75, 3.05) is 13.7 Å². The van der Waals surface area contributed by atoms with Crippen molar-refractivity contribution in [3.8, 4) is 5.75 Å². The average Bonchev–Trinajstić information content (AvgIpc) is 3.53. The van der Waals surface area contributed by atoms with Gasteiger partial charge in [0.25, 0.3) is 5.56 Å². The number of hydrogen-bond acceptors (Lipinski definition) is 6. The van der Waals surface area contributed by atoms with Crippen molar-refractivity contribution in [3.63, 3.8) is 0 Å². The Morgan fingerprint density at radius 1 is 1.02 bits per heavy atom. The lowest BCUT2D eigenvalue weighted by atomic mass is 9.93. The molecule has 1 aliphatic heterocycles.